The number of amides is 1. The summed E-state index contributed by atoms with van der Waals surface area (Å²) < 4.78 is 43.9. The number of hydroxylamine groups is 2. The Kier molecular flexibility index (Phi) is 13.1. The minimum absolute atomic E-state index is 0.124. The third-order valence-electron chi connectivity index (χ3n) is 7.66. The summed E-state index contributed by atoms with van der Waals surface area (Å²) in [5.41, 5.74) is 25.1. The molecule has 9 atom stereocenters. The first-order chi connectivity index (χ1) is 24.5. The van der Waals surface area contributed by atoms with E-state index in [0.717, 1.165) is 38.8 Å². The van der Waals surface area contributed by atoms with Gasteiger partial charge < -0.3 is 60.8 Å². The van der Waals surface area contributed by atoms with Gasteiger partial charge in [-0.2, -0.15) is 5.06 Å². The van der Waals surface area contributed by atoms with Crippen LogP contribution in [-0.4, -0.2) is 109 Å². The first-order valence-corrected chi connectivity index (χ1v) is 15.9. The van der Waals surface area contributed by atoms with Crippen LogP contribution in [0.3, 0.4) is 0 Å². The SMILES string of the molecule is CC(=O)OCC1OC(OC2=C(N)C=C(N)C(OC3ON(C(=O)OCc4ccccc4)CC(OC(C)=O)C3N)C2=O)C(OC(C)=O)C(N)C1OC(C)=O. The van der Waals surface area contributed by atoms with E-state index in [0.29, 0.717) is 5.56 Å². The first-order valence-electron chi connectivity index (χ1n) is 15.9. The molecule has 0 spiro atoms. The maximum Gasteiger partial charge on any atom is 0.434 e. The number of carbonyl (C=O) groups is 6. The normalized spacial score (nSPS) is 29.0. The maximum absolute atomic E-state index is 13.9. The lowest BCUT2D eigenvalue weighted by atomic mass is 9.96. The second-order valence-electron chi connectivity index (χ2n) is 11.8. The molecule has 52 heavy (non-hydrogen) atoms. The van der Waals surface area contributed by atoms with Crippen LogP contribution in [0, 0.1) is 0 Å². The molecule has 2 saturated heterocycles. The fraction of sp³-hybridized carbons (Fsp3) is 0.500. The van der Waals surface area contributed by atoms with Crippen molar-refractivity contribution in [3.63, 3.8) is 0 Å². The molecule has 2 aliphatic heterocycles. The molecule has 8 N–H and O–H groups in total. The Labute approximate surface area is 297 Å². The zero-order valence-corrected chi connectivity index (χ0v) is 28.7. The maximum atomic E-state index is 13.9. The highest BCUT2D eigenvalue weighted by molar-refractivity contribution is 6.01. The van der Waals surface area contributed by atoms with E-state index in [1.54, 1.807) is 30.3 Å². The van der Waals surface area contributed by atoms with Crippen LogP contribution in [0.5, 0.6) is 0 Å². The zero-order chi connectivity index (χ0) is 38.3. The van der Waals surface area contributed by atoms with Gasteiger partial charge in [-0.1, -0.05) is 30.3 Å². The van der Waals surface area contributed by atoms with Crippen LogP contribution in [0.4, 0.5) is 4.79 Å². The number of carbonyl (C=O) groups excluding carboxylic acids is 6. The molecule has 4 rings (SSSR count). The van der Waals surface area contributed by atoms with Gasteiger partial charge in [-0.3, -0.25) is 24.0 Å². The van der Waals surface area contributed by atoms with Crippen LogP contribution in [0.1, 0.15) is 33.3 Å². The number of ether oxygens (including phenoxy) is 8. The quantitative estimate of drug-likeness (QED) is 0.151. The molecule has 0 radical (unpaired) electrons. The number of allylic oxidation sites excluding steroid dienone is 1. The van der Waals surface area contributed by atoms with Crippen molar-refractivity contribution in [2.24, 2.45) is 22.9 Å². The standard InChI is InChI=1S/C32H41N5O15/c1-14(38)44-13-22-28(47-16(3)40)24(36)29(48-17(4)41)31(49-22)51-27-20(34)10-19(33)26(25(27)42)50-30-23(35)21(46-15(2)39)11-37(52-30)32(43)45-12-18-8-6-5-7-9-18/h5-10,21-24,26,28-31H,11-13,33-36H2,1-4H3. The fourth-order valence-electron chi connectivity index (χ4n) is 5.35. The highest BCUT2D eigenvalue weighted by Gasteiger charge is 2.51. The van der Waals surface area contributed by atoms with Gasteiger partial charge in [0, 0.05) is 33.4 Å². The third-order valence-corrected chi connectivity index (χ3v) is 7.66. The van der Waals surface area contributed by atoms with E-state index in [1.807, 2.05) is 0 Å². The summed E-state index contributed by atoms with van der Waals surface area (Å²) >= 11 is 0. The summed E-state index contributed by atoms with van der Waals surface area (Å²) in [4.78, 5) is 80.0. The molecule has 0 bridgehead atoms. The average molecular weight is 736 g/mol. The lowest BCUT2D eigenvalue weighted by Gasteiger charge is -2.44. The lowest BCUT2D eigenvalue weighted by molar-refractivity contribution is -0.313. The molecule has 1 aromatic carbocycles. The molecule has 20 heteroatoms. The van der Waals surface area contributed by atoms with Crippen molar-refractivity contribution >= 4 is 35.8 Å². The monoisotopic (exact) mass is 735 g/mol. The number of esters is 4. The van der Waals surface area contributed by atoms with E-state index < -0.39 is 103 Å². The molecule has 2 fully saturated rings. The van der Waals surface area contributed by atoms with Gasteiger partial charge in [-0.05, 0) is 11.6 Å². The summed E-state index contributed by atoms with van der Waals surface area (Å²) in [5.74, 6) is -4.62. The molecule has 0 aromatic heterocycles. The van der Waals surface area contributed by atoms with Crippen LogP contribution >= 0.6 is 0 Å². The molecule has 3 aliphatic rings. The molecule has 1 aliphatic carbocycles. The van der Waals surface area contributed by atoms with Crippen molar-refractivity contribution in [3.8, 4) is 0 Å². The largest absolute Gasteiger partial charge is 0.463 e. The summed E-state index contributed by atoms with van der Waals surface area (Å²) in [6, 6.07) is 6.18. The highest BCUT2D eigenvalue weighted by atomic mass is 16.8. The van der Waals surface area contributed by atoms with E-state index in [1.165, 1.54) is 0 Å². The second-order valence-corrected chi connectivity index (χ2v) is 11.8. The van der Waals surface area contributed by atoms with Crippen molar-refractivity contribution in [2.75, 3.05) is 13.2 Å². The molecule has 9 unspecified atom stereocenters. The summed E-state index contributed by atoms with van der Waals surface area (Å²) in [7, 11) is 0. The fourth-order valence-corrected chi connectivity index (χ4v) is 5.35. The van der Waals surface area contributed by atoms with Crippen molar-refractivity contribution in [2.45, 2.75) is 89.5 Å². The van der Waals surface area contributed by atoms with Gasteiger partial charge in [-0.25, -0.2) is 9.63 Å². The summed E-state index contributed by atoms with van der Waals surface area (Å²) in [5, 5.41) is 0.725. The molecule has 2 heterocycles. The molecular formula is C32H41N5O15. The molecule has 0 saturated carbocycles. The predicted octanol–water partition coefficient (Wildman–Crippen LogP) is -1.37. The van der Waals surface area contributed by atoms with Gasteiger partial charge >= 0.3 is 30.0 Å². The van der Waals surface area contributed by atoms with Crippen LogP contribution in [0.25, 0.3) is 0 Å². The molecule has 1 amide bonds. The number of hydrogen-bond donors (Lipinski definition) is 4. The van der Waals surface area contributed by atoms with Crippen LogP contribution in [-0.2, 0) is 73.3 Å². The number of nitrogens with two attached hydrogens (primary N) is 4. The van der Waals surface area contributed by atoms with Crippen molar-refractivity contribution in [1.82, 2.24) is 5.06 Å². The molecule has 1 aromatic rings. The summed E-state index contributed by atoms with van der Waals surface area (Å²) in [6.07, 6.45) is -10.1. The van der Waals surface area contributed by atoms with Crippen molar-refractivity contribution in [1.29, 1.82) is 0 Å². The molecular weight excluding hydrogens is 694 g/mol. The van der Waals surface area contributed by atoms with Gasteiger partial charge in [0.25, 0.3) is 0 Å². The predicted molar refractivity (Wildman–Crippen MR) is 171 cm³/mol. The van der Waals surface area contributed by atoms with Gasteiger partial charge in [0.1, 0.15) is 25.4 Å². The van der Waals surface area contributed by atoms with Gasteiger partial charge in [-0.15, -0.1) is 0 Å². The van der Waals surface area contributed by atoms with Gasteiger partial charge in [0.15, 0.2) is 24.1 Å². The van der Waals surface area contributed by atoms with Gasteiger partial charge in [0.05, 0.1) is 24.3 Å². The van der Waals surface area contributed by atoms with Crippen molar-refractivity contribution in [3.05, 3.63) is 59.1 Å². The Hall–Kier alpha value is -5.28. The van der Waals surface area contributed by atoms with E-state index >= 15 is 0 Å². The van der Waals surface area contributed by atoms with E-state index in [2.05, 4.69) is 0 Å². The van der Waals surface area contributed by atoms with E-state index in [9.17, 15) is 28.8 Å². The van der Waals surface area contributed by atoms with Crippen LogP contribution < -0.4 is 22.9 Å². The minimum Gasteiger partial charge on any atom is -0.463 e. The Morgan fingerprint density at radius 1 is 0.827 bits per heavy atom. The minimum atomic E-state index is -1.72. The average Bonchev–Trinajstić information content (AvgIpc) is 3.07. The molecule has 20 nitrogen and oxygen atoms in total. The number of Topliss-reactive ketones (excluding diaryl/α,β-unsaturated/α-hetero) is 1. The van der Waals surface area contributed by atoms with Crippen LogP contribution in [0.15, 0.2) is 53.6 Å². The number of ketones is 1. The Balaban J connectivity index is 1.56. The smallest absolute Gasteiger partial charge is 0.434 e. The zero-order valence-electron chi connectivity index (χ0n) is 28.7. The Bertz CT molecular complexity index is 1580. The number of rotatable bonds is 11. The third kappa shape index (κ3) is 9.94. The van der Waals surface area contributed by atoms with Crippen molar-refractivity contribution < 1.29 is 71.5 Å². The highest BCUT2D eigenvalue weighted by Crippen LogP contribution is 2.31. The topological polar surface area (TPSA) is 293 Å². The van der Waals surface area contributed by atoms with Gasteiger partial charge in [0.2, 0.25) is 18.4 Å². The lowest BCUT2D eigenvalue weighted by Crippen LogP contribution is -2.65. The number of benzene rings is 1. The Morgan fingerprint density at radius 2 is 1.46 bits per heavy atom. The Morgan fingerprint density at radius 3 is 2.08 bits per heavy atom. The van der Waals surface area contributed by atoms with E-state index in [-0.39, 0.29) is 24.5 Å². The molecule has 284 valence electrons. The first kappa shape index (κ1) is 39.5. The second kappa shape index (κ2) is 17.3. The number of nitrogens with zero attached hydrogens (tertiary/aromatic N) is 1. The number of hydrogen-bond acceptors (Lipinski definition) is 19. The summed E-state index contributed by atoms with van der Waals surface area (Å²) in [6.45, 7) is 3.49. The van der Waals surface area contributed by atoms with Crippen LogP contribution in [0.2, 0.25) is 0 Å². The van der Waals surface area contributed by atoms with E-state index in [4.69, 9.17) is 65.7 Å².